The van der Waals surface area contributed by atoms with Crippen LogP contribution in [0.25, 0.3) is 0 Å². The number of ether oxygens (including phenoxy) is 1. The Kier molecular flexibility index (Phi) is 3.75. The van der Waals surface area contributed by atoms with Gasteiger partial charge in [0.1, 0.15) is 11.7 Å². The van der Waals surface area contributed by atoms with Crippen molar-refractivity contribution in [1.82, 2.24) is 0 Å². The molecule has 0 amide bonds. The van der Waals surface area contributed by atoms with Crippen LogP contribution in [-0.4, -0.2) is 18.4 Å². The summed E-state index contributed by atoms with van der Waals surface area (Å²) in [5.74, 6) is -1.83. The smallest absolute Gasteiger partial charge is 0.316 e. The van der Waals surface area contributed by atoms with Crippen LogP contribution in [0.2, 0.25) is 0 Å². The zero-order valence-electron chi connectivity index (χ0n) is 10.2. The Labute approximate surface area is 105 Å². The molecule has 2 rings (SSSR count). The van der Waals surface area contributed by atoms with E-state index < -0.39 is 11.9 Å². The van der Waals surface area contributed by atoms with Crippen LogP contribution in [0.4, 0.5) is 4.39 Å². The second-order valence-electron chi connectivity index (χ2n) is 4.39. The van der Waals surface area contributed by atoms with Crippen molar-refractivity contribution < 1.29 is 18.7 Å². The van der Waals surface area contributed by atoms with Gasteiger partial charge in [-0.05, 0) is 37.5 Å². The van der Waals surface area contributed by atoms with Crippen molar-refractivity contribution in [3.8, 4) is 0 Å². The molecule has 0 saturated heterocycles. The quantitative estimate of drug-likeness (QED) is 0.611. The lowest BCUT2D eigenvalue weighted by molar-refractivity contribution is -0.150. The topological polar surface area (TPSA) is 43.4 Å². The van der Waals surface area contributed by atoms with Crippen LogP contribution < -0.4 is 0 Å². The predicted molar refractivity (Wildman–Crippen MR) is 63.5 cm³/mol. The molecule has 3 nitrogen and oxygen atoms in total. The lowest BCUT2D eigenvalue weighted by Crippen LogP contribution is -2.23. The monoisotopic (exact) mass is 250 g/mol. The van der Waals surface area contributed by atoms with E-state index in [0.29, 0.717) is 12.8 Å². The highest BCUT2D eigenvalue weighted by atomic mass is 19.1. The lowest BCUT2D eigenvalue weighted by atomic mass is 9.95. The Hall–Kier alpha value is -1.71. The van der Waals surface area contributed by atoms with E-state index in [2.05, 4.69) is 0 Å². The molecule has 0 radical (unpaired) electrons. The number of carbonyl (C=O) groups excluding carboxylic acids is 2. The molecule has 18 heavy (non-hydrogen) atoms. The second-order valence-corrected chi connectivity index (χ2v) is 4.39. The van der Waals surface area contributed by atoms with Crippen molar-refractivity contribution in [2.24, 2.45) is 5.92 Å². The summed E-state index contributed by atoms with van der Waals surface area (Å²) in [6, 6.07) is 5.87. The van der Waals surface area contributed by atoms with Gasteiger partial charge in [0.15, 0.2) is 5.78 Å². The van der Waals surface area contributed by atoms with Crippen LogP contribution in [0.1, 0.15) is 31.2 Å². The Morgan fingerprint density at radius 1 is 1.33 bits per heavy atom. The van der Waals surface area contributed by atoms with Crippen LogP contribution in [0.15, 0.2) is 24.3 Å². The van der Waals surface area contributed by atoms with Gasteiger partial charge in [-0.1, -0.05) is 12.1 Å². The van der Waals surface area contributed by atoms with Gasteiger partial charge in [0.05, 0.1) is 6.61 Å². The summed E-state index contributed by atoms with van der Waals surface area (Å²) in [4.78, 5) is 23.7. The van der Waals surface area contributed by atoms with Gasteiger partial charge >= 0.3 is 5.97 Å². The average Bonchev–Trinajstić information content (AvgIpc) is 2.73. The lowest BCUT2D eigenvalue weighted by Gasteiger charge is -2.10. The third kappa shape index (κ3) is 2.42. The van der Waals surface area contributed by atoms with E-state index in [1.165, 1.54) is 12.1 Å². The van der Waals surface area contributed by atoms with Crippen molar-refractivity contribution in [1.29, 1.82) is 0 Å². The predicted octanol–water partition coefficient (Wildman–Crippen LogP) is 2.45. The summed E-state index contributed by atoms with van der Waals surface area (Å²) < 4.78 is 17.7. The van der Waals surface area contributed by atoms with Gasteiger partial charge in [0, 0.05) is 5.92 Å². The van der Waals surface area contributed by atoms with Gasteiger partial charge in [-0.25, -0.2) is 4.39 Å². The van der Waals surface area contributed by atoms with Crippen LogP contribution in [-0.2, 0) is 14.3 Å². The van der Waals surface area contributed by atoms with Gasteiger partial charge in [-0.2, -0.15) is 0 Å². The molecule has 1 aliphatic rings. The van der Waals surface area contributed by atoms with Crippen LogP contribution in [0.3, 0.4) is 0 Å². The number of hydrogen-bond acceptors (Lipinski definition) is 3. The van der Waals surface area contributed by atoms with Gasteiger partial charge < -0.3 is 4.74 Å². The van der Waals surface area contributed by atoms with E-state index >= 15 is 0 Å². The van der Waals surface area contributed by atoms with E-state index in [0.717, 1.165) is 5.56 Å². The number of Topliss-reactive ketones (excluding diaryl/α,β-unsaturated/α-hetero) is 1. The molecule has 1 fully saturated rings. The molecule has 0 spiro atoms. The third-order valence-corrected chi connectivity index (χ3v) is 3.27. The number of benzene rings is 1. The molecule has 2 unspecified atom stereocenters. The number of esters is 1. The van der Waals surface area contributed by atoms with Gasteiger partial charge in [-0.15, -0.1) is 0 Å². The number of carbonyl (C=O) groups is 2. The van der Waals surface area contributed by atoms with E-state index in [-0.39, 0.29) is 24.1 Å². The van der Waals surface area contributed by atoms with E-state index in [4.69, 9.17) is 4.74 Å². The van der Waals surface area contributed by atoms with Crippen LogP contribution in [0.5, 0.6) is 0 Å². The maximum atomic E-state index is 12.8. The summed E-state index contributed by atoms with van der Waals surface area (Å²) in [6.07, 6.45) is 1.13. The molecule has 0 heterocycles. The minimum Gasteiger partial charge on any atom is -0.465 e. The van der Waals surface area contributed by atoms with E-state index in [9.17, 15) is 14.0 Å². The summed E-state index contributed by atoms with van der Waals surface area (Å²) in [5.41, 5.74) is 0.771. The molecule has 1 aliphatic carbocycles. The molecule has 0 aromatic heterocycles. The molecular weight excluding hydrogens is 235 g/mol. The molecule has 2 atom stereocenters. The summed E-state index contributed by atoms with van der Waals surface area (Å²) in [7, 11) is 0. The van der Waals surface area contributed by atoms with Gasteiger partial charge in [0.2, 0.25) is 0 Å². The molecule has 0 aliphatic heterocycles. The third-order valence-electron chi connectivity index (χ3n) is 3.27. The number of ketones is 1. The summed E-state index contributed by atoms with van der Waals surface area (Å²) >= 11 is 0. The fraction of sp³-hybridized carbons (Fsp3) is 0.429. The van der Waals surface area contributed by atoms with E-state index in [1.54, 1.807) is 19.1 Å². The van der Waals surface area contributed by atoms with Crippen LogP contribution >= 0.6 is 0 Å². The Morgan fingerprint density at radius 2 is 2.00 bits per heavy atom. The average molecular weight is 250 g/mol. The van der Waals surface area contributed by atoms with Crippen molar-refractivity contribution >= 4 is 11.8 Å². The first-order valence-electron chi connectivity index (χ1n) is 6.09. The minimum absolute atomic E-state index is 0.111. The molecule has 1 aromatic carbocycles. The van der Waals surface area contributed by atoms with Crippen molar-refractivity contribution in [3.63, 3.8) is 0 Å². The Morgan fingerprint density at radius 3 is 2.61 bits per heavy atom. The summed E-state index contributed by atoms with van der Waals surface area (Å²) in [5, 5.41) is 0. The fourth-order valence-corrected chi connectivity index (χ4v) is 2.36. The summed E-state index contributed by atoms with van der Waals surface area (Å²) in [6.45, 7) is 2.00. The van der Waals surface area contributed by atoms with Crippen LogP contribution in [0, 0.1) is 11.7 Å². The molecule has 1 aromatic rings. The standard InChI is InChI=1S/C14H15FO3/c1-2-18-14(17)12-8-7-11(13(12)16)9-3-5-10(15)6-4-9/h3-6,11-12H,2,7-8H2,1H3. The first kappa shape index (κ1) is 12.7. The molecule has 4 heteroatoms. The zero-order valence-corrected chi connectivity index (χ0v) is 10.2. The molecule has 0 N–H and O–H groups in total. The number of hydrogen-bond donors (Lipinski definition) is 0. The first-order chi connectivity index (χ1) is 8.63. The molecular formula is C14H15FO3. The molecule has 0 bridgehead atoms. The second kappa shape index (κ2) is 5.29. The highest BCUT2D eigenvalue weighted by molar-refractivity contribution is 6.03. The number of rotatable bonds is 3. The van der Waals surface area contributed by atoms with Crippen molar-refractivity contribution in [2.45, 2.75) is 25.7 Å². The first-order valence-corrected chi connectivity index (χ1v) is 6.09. The minimum atomic E-state index is -0.653. The van der Waals surface area contributed by atoms with Gasteiger partial charge in [-0.3, -0.25) is 9.59 Å². The zero-order chi connectivity index (χ0) is 13.1. The van der Waals surface area contributed by atoms with Crippen molar-refractivity contribution in [2.75, 3.05) is 6.61 Å². The highest BCUT2D eigenvalue weighted by Crippen LogP contribution is 2.35. The Balaban J connectivity index is 2.12. The maximum Gasteiger partial charge on any atom is 0.316 e. The fourth-order valence-electron chi connectivity index (χ4n) is 2.36. The highest BCUT2D eigenvalue weighted by Gasteiger charge is 2.40. The molecule has 96 valence electrons. The molecule has 1 saturated carbocycles. The number of halogens is 1. The van der Waals surface area contributed by atoms with Crippen molar-refractivity contribution in [3.05, 3.63) is 35.6 Å². The maximum absolute atomic E-state index is 12.8. The largest absolute Gasteiger partial charge is 0.465 e. The Bertz CT molecular complexity index is 453. The van der Waals surface area contributed by atoms with Gasteiger partial charge in [0.25, 0.3) is 0 Å². The SMILES string of the molecule is CCOC(=O)C1CCC(c2ccc(F)cc2)C1=O. The normalized spacial score (nSPS) is 23.1. The van der Waals surface area contributed by atoms with E-state index in [1.807, 2.05) is 0 Å².